The Morgan fingerprint density at radius 3 is 2.48 bits per heavy atom. The average molecular weight is 308 g/mol. The molecule has 0 fully saturated rings. The molecule has 0 heterocycles. The summed E-state index contributed by atoms with van der Waals surface area (Å²) in [5, 5.41) is 29.3. The standard InChI is InChI=1S/C12H15F3N2O4/c1-8(19)9-2-3-10(11(6-9)17(20)21)16(4-5-18)7-12(13,14)15/h2-3,6,8,18-19H,4-5,7H2,1H3/t8-/m0/s1. The van der Waals surface area contributed by atoms with Gasteiger partial charge in [-0.15, -0.1) is 0 Å². The molecule has 0 amide bonds. The molecule has 1 aromatic rings. The highest BCUT2D eigenvalue weighted by molar-refractivity contribution is 5.64. The quantitative estimate of drug-likeness (QED) is 0.620. The van der Waals surface area contributed by atoms with Crippen molar-refractivity contribution in [1.29, 1.82) is 0 Å². The van der Waals surface area contributed by atoms with Gasteiger partial charge in [0.1, 0.15) is 12.2 Å². The normalized spacial score (nSPS) is 13.0. The maximum absolute atomic E-state index is 12.5. The molecule has 0 aliphatic carbocycles. The summed E-state index contributed by atoms with van der Waals surface area (Å²) < 4.78 is 37.6. The van der Waals surface area contributed by atoms with Crippen molar-refractivity contribution >= 4 is 11.4 Å². The van der Waals surface area contributed by atoms with Crippen molar-refractivity contribution in [1.82, 2.24) is 0 Å². The lowest BCUT2D eigenvalue weighted by molar-refractivity contribution is -0.384. The van der Waals surface area contributed by atoms with E-state index in [1.165, 1.54) is 13.0 Å². The molecule has 118 valence electrons. The molecule has 0 saturated heterocycles. The van der Waals surface area contributed by atoms with E-state index >= 15 is 0 Å². The topological polar surface area (TPSA) is 86.8 Å². The Labute approximate surface area is 118 Å². The van der Waals surface area contributed by atoms with Crippen LogP contribution in [0.4, 0.5) is 24.5 Å². The minimum absolute atomic E-state index is 0.224. The number of aliphatic hydroxyl groups is 2. The van der Waals surface area contributed by atoms with Crippen molar-refractivity contribution < 1.29 is 28.3 Å². The molecule has 0 aromatic heterocycles. The Hall–Kier alpha value is -1.87. The van der Waals surface area contributed by atoms with E-state index in [0.29, 0.717) is 4.90 Å². The number of nitro groups is 1. The van der Waals surface area contributed by atoms with Crippen molar-refractivity contribution in [3.8, 4) is 0 Å². The van der Waals surface area contributed by atoms with Gasteiger partial charge < -0.3 is 15.1 Å². The van der Waals surface area contributed by atoms with Gasteiger partial charge in [0, 0.05) is 12.6 Å². The Bertz CT molecular complexity index is 506. The van der Waals surface area contributed by atoms with E-state index in [1.54, 1.807) is 0 Å². The molecule has 1 atom stereocenters. The van der Waals surface area contributed by atoms with E-state index in [0.717, 1.165) is 12.1 Å². The van der Waals surface area contributed by atoms with Crippen molar-refractivity contribution in [3.05, 3.63) is 33.9 Å². The maximum atomic E-state index is 12.5. The summed E-state index contributed by atoms with van der Waals surface area (Å²) in [6.07, 6.45) is -5.54. The van der Waals surface area contributed by atoms with Crippen LogP contribution < -0.4 is 4.90 Å². The number of alkyl halides is 3. The van der Waals surface area contributed by atoms with Crippen LogP contribution in [0.2, 0.25) is 0 Å². The maximum Gasteiger partial charge on any atom is 0.405 e. The second kappa shape index (κ2) is 6.72. The van der Waals surface area contributed by atoms with Crippen molar-refractivity contribution in [2.45, 2.75) is 19.2 Å². The zero-order valence-corrected chi connectivity index (χ0v) is 11.2. The summed E-state index contributed by atoms with van der Waals surface area (Å²) in [7, 11) is 0. The summed E-state index contributed by atoms with van der Waals surface area (Å²) >= 11 is 0. The minimum Gasteiger partial charge on any atom is -0.395 e. The lowest BCUT2D eigenvalue weighted by atomic mass is 10.1. The summed E-state index contributed by atoms with van der Waals surface area (Å²) in [6.45, 7) is -0.998. The molecular formula is C12H15F3N2O4. The first-order valence-electron chi connectivity index (χ1n) is 6.04. The molecule has 9 heteroatoms. The van der Waals surface area contributed by atoms with E-state index in [4.69, 9.17) is 5.11 Å². The first-order chi connectivity index (χ1) is 9.65. The van der Waals surface area contributed by atoms with E-state index in [2.05, 4.69) is 0 Å². The number of nitrogens with zero attached hydrogens (tertiary/aromatic N) is 2. The van der Waals surface area contributed by atoms with Gasteiger partial charge in [0.2, 0.25) is 0 Å². The highest BCUT2D eigenvalue weighted by Crippen LogP contribution is 2.32. The largest absolute Gasteiger partial charge is 0.405 e. The fraction of sp³-hybridized carbons (Fsp3) is 0.500. The molecule has 0 unspecified atom stereocenters. The number of rotatable bonds is 6. The third kappa shape index (κ3) is 4.87. The third-order valence-electron chi connectivity index (χ3n) is 2.76. The van der Waals surface area contributed by atoms with Gasteiger partial charge in [-0.1, -0.05) is 6.07 Å². The van der Waals surface area contributed by atoms with E-state index in [1.807, 2.05) is 0 Å². The zero-order valence-electron chi connectivity index (χ0n) is 11.2. The molecule has 21 heavy (non-hydrogen) atoms. The Morgan fingerprint density at radius 2 is 2.05 bits per heavy atom. The SMILES string of the molecule is C[C@H](O)c1ccc(N(CCO)CC(F)(F)F)c([N+](=O)[O-])c1. The average Bonchev–Trinajstić information content (AvgIpc) is 2.35. The highest BCUT2D eigenvalue weighted by Gasteiger charge is 2.33. The summed E-state index contributed by atoms with van der Waals surface area (Å²) in [4.78, 5) is 10.9. The van der Waals surface area contributed by atoms with Crippen LogP contribution in [-0.2, 0) is 0 Å². The summed E-state index contributed by atoms with van der Waals surface area (Å²) in [5.41, 5.74) is -0.580. The number of anilines is 1. The molecule has 0 spiro atoms. The Morgan fingerprint density at radius 1 is 1.43 bits per heavy atom. The number of nitro benzene ring substituents is 1. The van der Waals surface area contributed by atoms with Crippen molar-refractivity contribution in [3.63, 3.8) is 0 Å². The molecule has 0 radical (unpaired) electrons. The molecule has 1 aromatic carbocycles. The van der Waals surface area contributed by atoms with Gasteiger partial charge in [0.05, 0.1) is 17.6 Å². The zero-order chi connectivity index (χ0) is 16.2. The third-order valence-corrected chi connectivity index (χ3v) is 2.76. The lowest BCUT2D eigenvalue weighted by Gasteiger charge is -2.25. The van der Waals surface area contributed by atoms with Crippen LogP contribution in [0.3, 0.4) is 0 Å². The molecule has 0 bridgehead atoms. The number of hydrogen-bond donors (Lipinski definition) is 2. The number of hydrogen-bond acceptors (Lipinski definition) is 5. The van der Waals surface area contributed by atoms with Crippen LogP contribution >= 0.6 is 0 Å². The molecule has 1 rings (SSSR count). The van der Waals surface area contributed by atoms with Gasteiger partial charge in [0.25, 0.3) is 5.69 Å². The Kier molecular flexibility index (Phi) is 5.50. The van der Waals surface area contributed by atoms with Gasteiger partial charge in [0.15, 0.2) is 0 Å². The minimum atomic E-state index is -4.56. The molecular weight excluding hydrogens is 293 g/mol. The van der Waals surface area contributed by atoms with E-state index in [-0.39, 0.29) is 11.3 Å². The van der Waals surface area contributed by atoms with Crippen LogP contribution in [0.15, 0.2) is 18.2 Å². The van der Waals surface area contributed by atoms with Gasteiger partial charge in [-0.2, -0.15) is 13.2 Å². The van der Waals surface area contributed by atoms with Crippen LogP contribution in [0.1, 0.15) is 18.6 Å². The number of aliphatic hydroxyl groups excluding tert-OH is 2. The lowest BCUT2D eigenvalue weighted by Crippen LogP contribution is -2.36. The second-order valence-electron chi connectivity index (χ2n) is 4.44. The van der Waals surface area contributed by atoms with Gasteiger partial charge in [-0.25, -0.2) is 0 Å². The smallest absolute Gasteiger partial charge is 0.395 e. The molecule has 2 N–H and O–H groups in total. The predicted molar refractivity (Wildman–Crippen MR) is 69.1 cm³/mol. The summed E-state index contributed by atoms with van der Waals surface area (Å²) in [5.74, 6) is 0. The van der Waals surface area contributed by atoms with Crippen LogP contribution in [-0.4, -0.2) is 41.0 Å². The number of halogens is 3. The molecule has 0 aliphatic heterocycles. The fourth-order valence-corrected chi connectivity index (χ4v) is 1.84. The number of benzene rings is 1. The van der Waals surface area contributed by atoms with Crippen molar-refractivity contribution in [2.24, 2.45) is 0 Å². The first-order valence-corrected chi connectivity index (χ1v) is 6.04. The van der Waals surface area contributed by atoms with Crippen molar-refractivity contribution in [2.75, 3.05) is 24.6 Å². The highest BCUT2D eigenvalue weighted by atomic mass is 19.4. The van der Waals surface area contributed by atoms with Gasteiger partial charge in [-0.3, -0.25) is 10.1 Å². The summed E-state index contributed by atoms with van der Waals surface area (Å²) in [6, 6.07) is 3.48. The van der Waals surface area contributed by atoms with E-state index < -0.39 is 42.6 Å². The monoisotopic (exact) mass is 308 g/mol. The van der Waals surface area contributed by atoms with Crippen LogP contribution in [0.5, 0.6) is 0 Å². The van der Waals surface area contributed by atoms with Gasteiger partial charge in [-0.05, 0) is 18.6 Å². The Balaban J connectivity index is 3.26. The predicted octanol–water partition coefficient (Wildman–Crippen LogP) is 2.01. The second-order valence-corrected chi connectivity index (χ2v) is 4.44. The molecule has 0 saturated carbocycles. The van der Waals surface area contributed by atoms with Gasteiger partial charge >= 0.3 is 6.18 Å². The molecule has 6 nitrogen and oxygen atoms in total. The van der Waals surface area contributed by atoms with E-state index in [9.17, 15) is 28.4 Å². The first kappa shape index (κ1) is 17.2. The molecule has 0 aliphatic rings. The van der Waals surface area contributed by atoms with Crippen LogP contribution in [0.25, 0.3) is 0 Å². The fourth-order valence-electron chi connectivity index (χ4n) is 1.84. The van der Waals surface area contributed by atoms with Crippen LogP contribution in [0, 0.1) is 10.1 Å².